The highest BCUT2D eigenvalue weighted by atomic mass is 32.2. The summed E-state index contributed by atoms with van der Waals surface area (Å²) in [6, 6.07) is 0. The fourth-order valence-corrected chi connectivity index (χ4v) is 1.98. The summed E-state index contributed by atoms with van der Waals surface area (Å²) in [6.45, 7) is 8.58. The molecule has 0 saturated carbocycles. The Bertz CT molecular complexity index is 290. The van der Waals surface area contributed by atoms with Crippen LogP contribution in [-0.2, 0) is 13.6 Å². The molecule has 0 saturated heterocycles. The van der Waals surface area contributed by atoms with Crippen LogP contribution < -0.4 is 5.32 Å². The monoisotopic (exact) mass is 228 g/mol. The van der Waals surface area contributed by atoms with Gasteiger partial charge in [-0.05, 0) is 0 Å². The van der Waals surface area contributed by atoms with E-state index in [2.05, 4.69) is 36.4 Å². The third-order valence-electron chi connectivity index (χ3n) is 1.93. The van der Waals surface area contributed by atoms with E-state index in [9.17, 15) is 0 Å². The zero-order chi connectivity index (χ0) is 11.3. The average Bonchev–Trinajstić information content (AvgIpc) is 2.49. The maximum absolute atomic E-state index is 3.88. The molecule has 0 aliphatic rings. The molecule has 0 unspecified atom stereocenters. The van der Waals surface area contributed by atoms with Crippen LogP contribution in [0.15, 0.2) is 6.20 Å². The van der Waals surface area contributed by atoms with E-state index in [1.54, 1.807) is 10.9 Å². The van der Waals surface area contributed by atoms with Crippen molar-refractivity contribution in [1.82, 2.24) is 20.3 Å². The Morgan fingerprint density at radius 2 is 2.20 bits per heavy atom. The van der Waals surface area contributed by atoms with Crippen LogP contribution in [0.3, 0.4) is 0 Å². The number of nitrogens with one attached hydrogen (secondary N) is 1. The molecule has 5 heteroatoms. The molecule has 0 radical (unpaired) electrons. The molecule has 15 heavy (non-hydrogen) atoms. The molecule has 1 rings (SSSR count). The van der Waals surface area contributed by atoms with Crippen molar-refractivity contribution in [3.05, 3.63) is 11.9 Å². The van der Waals surface area contributed by atoms with E-state index in [4.69, 9.17) is 0 Å². The normalized spacial score (nSPS) is 12.0. The van der Waals surface area contributed by atoms with E-state index in [-0.39, 0.29) is 0 Å². The van der Waals surface area contributed by atoms with Gasteiger partial charge in [0.05, 0.1) is 11.9 Å². The van der Waals surface area contributed by atoms with Gasteiger partial charge in [-0.1, -0.05) is 26.0 Å². The second kappa shape index (κ2) is 5.51. The molecule has 0 aromatic carbocycles. The van der Waals surface area contributed by atoms with Gasteiger partial charge in [0.15, 0.2) is 0 Å². The minimum Gasteiger partial charge on any atom is -0.310 e. The van der Waals surface area contributed by atoms with E-state index in [1.807, 2.05) is 18.8 Å². The molecule has 1 aromatic rings. The first-order valence-corrected chi connectivity index (χ1v) is 6.16. The molecule has 1 aromatic heterocycles. The molecule has 1 N–H and O–H groups in total. The highest BCUT2D eigenvalue weighted by Crippen LogP contribution is 2.21. The second-order valence-corrected chi connectivity index (χ2v) is 6.41. The van der Waals surface area contributed by atoms with Gasteiger partial charge >= 0.3 is 0 Å². The van der Waals surface area contributed by atoms with Crippen LogP contribution in [0.1, 0.15) is 26.5 Å². The molecular weight excluding hydrogens is 208 g/mol. The van der Waals surface area contributed by atoms with Gasteiger partial charge in [-0.15, -0.1) is 5.10 Å². The lowest BCUT2D eigenvalue weighted by molar-refractivity contribution is 0.631. The molecule has 4 nitrogen and oxygen atoms in total. The first-order valence-electron chi connectivity index (χ1n) is 5.17. The molecule has 0 aliphatic heterocycles. The van der Waals surface area contributed by atoms with Gasteiger partial charge < -0.3 is 5.32 Å². The third kappa shape index (κ3) is 5.18. The lowest BCUT2D eigenvalue weighted by atomic mass is 10.3. The van der Waals surface area contributed by atoms with Crippen molar-refractivity contribution in [2.45, 2.75) is 32.1 Å². The molecule has 0 amide bonds. The van der Waals surface area contributed by atoms with E-state index in [0.29, 0.717) is 4.75 Å². The molecule has 0 atom stereocenters. The first kappa shape index (κ1) is 12.5. The summed E-state index contributed by atoms with van der Waals surface area (Å²) in [7, 11) is 1.91. The Kier molecular flexibility index (Phi) is 4.60. The highest BCUT2D eigenvalue weighted by molar-refractivity contribution is 8.00. The Labute approximate surface area is 95.8 Å². The summed E-state index contributed by atoms with van der Waals surface area (Å²) in [4.78, 5) is 0. The molecule has 1 heterocycles. The van der Waals surface area contributed by atoms with E-state index < -0.39 is 0 Å². The van der Waals surface area contributed by atoms with E-state index >= 15 is 0 Å². The number of aryl methyl sites for hydroxylation is 1. The average molecular weight is 228 g/mol. The second-order valence-electron chi connectivity index (χ2n) is 4.49. The van der Waals surface area contributed by atoms with Crippen molar-refractivity contribution >= 4 is 11.8 Å². The number of hydrogen-bond acceptors (Lipinski definition) is 4. The van der Waals surface area contributed by atoms with Crippen LogP contribution in [0.25, 0.3) is 0 Å². The number of hydrogen-bond donors (Lipinski definition) is 1. The molecule has 0 fully saturated rings. The quantitative estimate of drug-likeness (QED) is 0.774. The summed E-state index contributed by atoms with van der Waals surface area (Å²) < 4.78 is 2.15. The van der Waals surface area contributed by atoms with Gasteiger partial charge in [-0.3, -0.25) is 4.68 Å². The fourth-order valence-electron chi connectivity index (χ4n) is 1.12. The first-order chi connectivity index (χ1) is 6.99. The van der Waals surface area contributed by atoms with E-state index in [0.717, 1.165) is 24.5 Å². The molecule has 86 valence electrons. The zero-order valence-electron chi connectivity index (χ0n) is 9.95. The number of rotatable bonds is 5. The maximum Gasteiger partial charge on any atom is 0.0738 e. The summed E-state index contributed by atoms with van der Waals surface area (Å²) in [5.74, 6) is 1.13. The Morgan fingerprint density at radius 3 is 2.73 bits per heavy atom. The number of thioether (sulfide) groups is 1. The van der Waals surface area contributed by atoms with Gasteiger partial charge in [-0.25, -0.2) is 0 Å². The topological polar surface area (TPSA) is 42.7 Å². The number of nitrogens with zero attached hydrogens (tertiary/aromatic N) is 3. The van der Waals surface area contributed by atoms with Crippen LogP contribution in [-0.4, -0.2) is 32.0 Å². The number of aromatic nitrogens is 3. The lowest BCUT2D eigenvalue weighted by Gasteiger charge is -2.17. The Morgan fingerprint density at radius 1 is 1.47 bits per heavy atom. The van der Waals surface area contributed by atoms with Crippen molar-refractivity contribution in [1.29, 1.82) is 0 Å². The van der Waals surface area contributed by atoms with Gasteiger partial charge in [-0.2, -0.15) is 11.8 Å². The van der Waals surface area contributed by atoms with Crippen molar-refractivity contribution in [3.63, 3.8) is 0 Å². The Balaban J connectivity index is 2.10. The minimum atomic E-state index is 0.357. The van der Waals surface area contributed by atoms with E-state index in [1.165, 1.54) is 0 Å². The van der Waals surface area contributed by atoms with Crippen LogP contribution in [0.4, 0.5) is 0 Å². The Hall–Kier alpha value is -0.550. The van der Waals surface area contributed by atoms with Gasteiger partial charge in [0.2, 0.25) is 0 Å². The van der Waals surface area contributed by atoms with Crippen LogP contribution in [0.5, 0.6) is 0 Å². The summed E-state index contributed by atoms with van der Waals surface area (Å²) in [5, 5.41) is 11.1. The summed E-state index contributed by atoms with van der Waals surface area (Å²) in [5.41, 5.74) is 1.12. The maximum atomic E-state index is 3.88. The molecule has 0 bridgehead atoms. The highest BCUT2D eigenvalue weighted by Gasteiger charge is 2.09. The zero-order valence-corrected chi connectivity index (χ0v) is 10.8. The minimum absolute atomic E-state index is 0.357. The third-order valence-corrected chi connectivity index (χ3v) is 3.20. The van der Waals surface area contributed by atoms with Gasteiger partial charge in [0.25, 0.3) is 0 Å². The van der Waals surface area contributed by atoms with Crippen molar-refractivity contribution in [3.8, 4) is 0 Å². The van der Waals surface area contributed by atoms with Crippen molar-refractivity contribution in [2.75, 3.05) is 12.3 Å². The predicted octanol–water partition coefficient (Wildman–Crippen LogP) is 1.44. The smallest absolute Gasteiger partial charge is 0.0738 e. The van der Waals surface area contributed by atoms with Crippen molar-refractivity contribution < 1.29 is 0 Å². The molecule has 0 aliphatic carbocycles. The largest absolute Gasteiger partial charge is 0.310 e. The summed E-state index contributed by atoms with van der Waals surface area (Å²) >= 11 is 1.97. The lowest BCUT2D eigenvalue weighted by Crippen LogP contribution is -2.20. The SMILES string of the molecule is Cn1nncc1CNCCSC(C)(C)C. The standard InChI is InChI=1S/C10H20N4S/c1-10(2,3)15-6-5-11-7-9-8-12-13-14(9)4/h8,11H,5-7H2,1-4H3. The molecular formula is C10H20N4S. The predicted molar refractivity (Wildman–Crippen MR) is 64.9 cm³/mol. The fraction of sp³-hybridized carbons (Fsp3) is 0.800. The van der Waals surface area contributed by atoms with Crippen molar-refractivity contribution in [2.24, 2.45) is 7.05 Å². The van der Waals surface area contributed by atoms with Crippen LogP contribution in [0, 0.1) is 0 Å². The molecule has 0 spiro atoms. The van der Waals surface area contributed by atoms with Crippen LogP contribution in [0.2, 0.25) is 0 Å². The summed E-state index contributed by atoms with van der Waals surface area (Å²) in [6.07, 6.45) is 1.80. The van der Waals surface area contributed by atoms with Gasteiger partial charge in [0.1, 0.15) is 0 Å². The van der Waals surface area contributed by atoms with Gasteiger partial charge in [0, 0.05) is 30.6 Å². The van der Waals surface area contributed by atoms with Crippen LogP contribution >= 0.6 is 11.8 Å².